The molecule has 1 N–H and O–H groups in total. The van der Waals surface area contributed by atoms with Crippen molar-refractivity contribution in [2.45, 2.75) is 122 Å². The summed E-state index contributed by atoms with van der Waals surface area (Å²) in [6, 6.07) is 12.6. The lowest BCUT2D eigenvalue weighted by molar-refractivity contribution is 0.0523. The molecule has 4 rings (SSSR count). The lowest BCUT2D eigenvalue weighted by Gasteiger charge is -2.36. The first-order chi connectivity index (χ1) is 18.6. The van der Waals surface area contributed by atoms with Crippen LogP contribution in [0.3, 0.4) is 0 Å². The fraction of sp³-hybridized carbons (Fsp3) is 0.606. The van der Waals surface area contributed by atoms with Crippen LogP contribution in [0.4, 0.5) is 4.79 Å². The number of benzene rings is 1. The van der Waals surface area contributed by atoms with E-state index in [9.17, 15) is 9.59 Å². The smallest absolute Gasteiger partial charge is 0.407 e. The monoisotopic (exact) mass is 564 g/mol. The highest BCUT2D eigenvalue weighted by atomic mass is 28.4. The molecule has 1 amide bonds. The van der Waals surface area contributed by atoms with E-state index in [2.05, 4.69) is 63.4 Å². The summed E-state index contributed by atoms with van der Waals surface area (Å²) in [5, 5.41) is 2.94. The van der Waals surface area contributed by atoms with Gasteiger partial charge in [-0.05, 0) is 119 Å². The van der Waals surface area contributed by atoms with E-state index in [1.165, 1.54) is 5.56 Å². The zero-order valence-corrected chi connectivity index (χ0v) is 26.7. The van der Waals surface area contributed by atoms with Crippen molar-refractivity contribution in [2.24, 2.45) is 5.92 Å². The summed E-state index contributed by atoms with van der Waals surface area (Å²) in [5.74, 6) is 2.02. The van der Waals surface area contributed by atoms with Gasteiger partial charge in [-0.15, -0.1) is 0 Å². The van der Waals surface area contributed by atoms with Gasteiger partial charge < -0.3 is 14.5 Å². The van der Waals surface area contributed by atoms with Crippen LogP contribution in [0.15, 0.2) is 36.4 Å². The van der Waals surface area contributed by atoms with Gasteiger partial charge in [0.15, 0.2) is 5.78 Å². The van der Waals surface area contributed by atoms with Gasteiger partial charge in [0.2, 0.25) is 8.32 Å². The maximum atomic E-state index is 13.7. The second-order valence-corrected chi connectivity index (χ2v) is 18.9. The van der Waals surface area contributed by atoms with Crippen molar-refractivity contribution in [1.82, 2.24) is 10.3 Å². The fourth-order valence-electron chi connectivity index (χ4n) is 5.14. The minimum Gasteiger partial charge on any atom is -0.544 e. The summed E-state index contributed by atoms with van der Waals surface area (Å²) in [4.78, 5) is 30.6. The number of ether oxygens (including phenoxy) is 1. The van der Waals surface area contributed by atoms with Gasteiger partial charge in [0.1, 0.15) is 17.0 Å². The number of amides is 1. The van der Waals surface area contributed by atoms with Crippen LogP contribution in [0, 0.1) is 5.92 Å². The van der Waals surface area contributed by atoms with E-state index >= 15 is 0 Å². The van der Waals surface area contributed by atoms with Crippen LogP contribution in [-0.2, 0) is 11.3 Å². The third kappa shape index (κ3) is 7.74. The van der Waals surface area contributed by atoms with E-state index in [1.807, 2.05) is 32.9 Å². The molecule has 2 aliphatic rings. The molecule has 6 nitrogen and oxygen atoms in total. The van der Waals surface area contributed by atoms with Crippen LogP contribution in [0.25, 0.3) is 0 Å². The first-order valence-electron chi connectivity index (χ1n) is 14.9. The molecule has 0 saturated heterocycles. The van der Waals surface area contributed by atoms with Gasteiger partial charge >= 0.3 is 6.09 Å². The molecule has 218 valence electrons. The Labute approximate surface area is 241 Å². The lowest BCUT2D eigenvalue weighted by atomic mass is 9.76. The van der Waals surface area contributed by atoms with Gasteiger partial charge in [-0.2, -0.15) is 0 Å². The number of hydrogen-bond donors (Lipinski definition) is 1. The van der Waals surface area contributed by atoms with E-state index in [-0.39, 0.29) is 23.3 Å². The average molecular weight is 565 g/mol. The van der Waals surface area contributed by atoms with Crippen LogP contribution in [0.5, 0.6) is 5.75 Å². The molecule has 0 bridgehead atoms. The van der Waals surface area contributed by atoms with Crippen LogP contribution in [0.1, 0.15) is 119 Å². The fourth-order valence-corrected chi connectivity index (χ4v) is 6.18. The summed E-state index contributed by atoms with van der Waals surface area (Å²) < 4.78 is 11.8. The third-order valence-corrected chi connectivity index (χ3v) is 13.0. The Kier molecular flexibility index (Phi) is 8.84. The van der Waals surface area contributed by atoms with Crippen LogP contribution in [-0.4, -0.2) is 30.8 Å². The molecule has 2 aliphatic carbocycles. The van der Waals surface area contributed by atoms with Gasteiger partial charge in [0.25, 0.3) is 0 Å². The largest absolute Gasteiger partial charge is 0.544 e. The maximum Gasteiger partial charge on any atom is 0.407 e. The number of nitrogens with zero attached hydrogens (tertiary/aromatic N) is 1. The normalized spacial score (nSPS) is 20.1. The SMILES string of the molecule is CC(C)(C)OC(=O)NCc1ccc(C2CC2)c(C(=O)C2CCC(c3ccc(O[Si](C)(C)C(C)(C)C)cc3)CC2)n1. The highest BCUT2D eigenvalue weighted by Crippen LogP contribution is 2.44. The van der Waals surface area contributed by atoms with Crippen molar-refractivity contribution < 1.29 is 18.8 Å². The summed E-state index contributed by atoms with van der Waals surface area (Å²) >= 11 is 0. The van der Waals surface area contributed by atoms with Crippen molar-refractivity contribution in [3.05, 3.63) is 58.9 Å². The highest BCUT2D eigenvalue weighted by Gasteiger charge is 2.39. The topological polar surface area (TPSA) is 77.5 Å². The first kappa shape index (κ1) is 30.3. The van der Waals surface area contributed by atoms with Gasteiger partial charge in [0.05, 0.1) is 12.2 Å². The summed E-state index contributed by atoms with van der Waals surface area (Å²) in [6.45, 7) is 17.1. The molecule has 0 unspecified atom stereocenters. The molecule has 2 fully saturated rings. The molecule has 0 radical (unpaired) electrons. The molecule has 7 heteroatoms. The van der Waals surface area contributed by atoms with Crippen molar-refractivity contribution in [1.29, 1.82) is 0 Å². The number of hydrogen-bond acceptors (Lipinski definition) is 5. The predicted molar refractivity (Wildman–Crippen MR) is 163 cm³/mol. The minimum absolute atomic E-state index is 0.00323. The molecular formula is C33H48N2O4Si. The van der Waals surface area contributed by atoms with E-state index < -0.39 is 20.0 Å². The summed E-state index contributed by atoms with van der Waals surface area (Å²) in [7, 11) is -1.86. The summed E-state index contributed by atoms with van der Waals surface area (Å²) in [5.41, 5.74) is 3.15. The molecule has 1 aromatic carbocycles. The van der Waals surface area contributed by atoms with Crippen molar-refractivity contribution in [2.75, 3.05) is 0 Å². The molecule has 2 saturated carbocycles. The van der Waals surface area contributed by atoms with Gasteiger partial charge in [-0.3, -0.25) is 4.79 Å². The van der Waals surface area contributed by atoms with Crippen LogP contribution >= 0.6 is 0 Å². The van der Waals surface area contributed by atoms with Gasteiger partial charge in [-0.1, -0.05) is 39.0 Å². The van der Waals surface area contributed by atoms with Gasteiger partial charge in [0, 0.05) is 5.92 Å². The molecule has 0 aliphatic heterocycles. The Morgan fingerprint density at radius 3 is 2.02 bits per heavy atom. The second kappa shape index (κ2) is 11.7. The second-order valence-electron chi connectivity index (χ2n) is 14.2. The van der Waals surface area contributed by atoms with Gasteiger partial charge in [-0.25, -0.2) is 9.78 Å². The number of alkyl carbamates (subject to hydrolysis) is 1. The molecular weight excluding hydrogens is 516 g/mol. The molecule has 0 spiro atoms. The Bertz CT molecular complexity index is 1200. The highest BCUT2D eigenvalue weighted by molar-refractivity contribution is 6.74. The van der Waals surface area contributed by atoms with Crippen molar-refractivity contribution in [3.8, 4) is 5.75 Å². The Morgan fingerprint density at radius 2 is 1.48 bits per heavy atom. The zero-order chi connectivity index (χ0) is 29.3. The van der Waals surface area contributed by atoms with Crippen LogP contribution in [0.2, 0.25) is 18.1 Å². The molecule has 1 aromatic heterocycles. The quantitative estimate of drug-likeness (QED) is 0.257. The molecule has 1 heterocycles. The number of aromatic nitrogens is 1. The maximum absolute atomic E-state index is 13.7. The number of pyridine rings is 1. The van der Waals surface area contributed by atoms with E-state index in [0.29, 0.717) is 23.2 Å². The van der Waals surface area contributed by atoms with E-state index in [0.717, 1.165) is 49.8 Å². The molecule has 0 atom stereocenters. The Hall–Kier alpha value is -2.67. The molecule has 2 aromatic rings. The number of rotatable bonds is 8. The first-order valence-corrected chi connectivity index (χ1v) is 17.8. The molecule has 40 heavy (non-hydrogen) atoms. The minimum atomic E-state index is -1.86. The van der Waals surface area contributed by atoms with E-state index in [1.54, 1.807) is 0 Å². The van der Waals surface area contributed by atoms with Crippen molar-refractivity contribution in [3.63, 3.8) is 0 Å². The average Bonchev–Trinajstić information content (AvgIpc) is 3.71. The Balaban J connectivity index is 1.37. The lowest BCUT2D eigenvalue weighted by Crippen LogP contribution is -2.43. The zero-order valence-electron chi connectivity index (χ0n) is 25.7. The van der Waals surface area contributed by atoms with Crippen molar-refractivity contribution >= 4 is 20.2 Å². The Morgan fingerprint density at radius 1 is 0.875 bits per heavy atom. The number of Topliss-reactive ketones (excluding diaryl/α,β-unsaturated/α-hetero) is 1. The van der Waals surface area contributed by atoms with E-state index in [4.69, 9.17) is 14.1 Å². The van der Waals surface area contributed by atoms with Crippen LogP contribution < -0.4 is 9.74 Å². The predicted octanol–water partition coefficient (Wildman–Crippen LogP) is 8.52. The third-order valence-electron chi connectivity index (χ3n) is 8.68. The number of carbonyl (C=O) groups excluding carboxylic acids is 2. The number of nitrogens with one attached hydrogen (secondary N) is 1. The number of ketones is 1. The standard InChI is InChI=1S/C33H48N2O4Si/c1-32(2,3)38-31(37)34-21-26-17-20-28(24-11-12-24)29(35-26)30(36)25-13-9-22(10-14-25)23-15-18-27(19-16-23)39-40(7,8)33(4,5)6/h15-20,22,24-25H,9-14,21H2,1-8H3,(H,34,37). The summed E-state index contributed by atoms with van der Waals surface area (Å²) in [6.07, 6.45) is 5.48. The number of carbonyl (C=O) groups is 2.